The SMILES string of the molecule is CN=C(NCCCNC(=O)OC(C)(C)C)NCc1oc2ccccc2c1C. The Morgan fingerprint density at radius 3 is 2.52 bits per heavy atom. The lowest BCUT2D eigenvalue weighted by Gasteiger charge is -2.19. The second-order valence-electron chi connectivity index (χ2n) is 7.28. The molecule has 0 spiro atoms. The predicted molar refractivity (Wildman–Crippen MR) is 108 cm³/mol. The first kappa shape index (κ1) is 20.6. The summed E-state index contributed by atoms with van der Waals surface area (Å²) in [5.74, 6) is 1.58. The molecule has 1 heterocycles. The number of carbonyl (C=O) groups excluding carboxylic acids is 1. The number of ether oxygens (including phenoxy) is 1. The molecule has 7 heteroatoms. The monoisotopic (exact) mass is 374 g/mol. The van der Waals surface area contributed by atoms with E-state index in [1.165, 1.54) is 0 Å². The summed E-state index contributed by atoms with van der Waals surface area (Å²) in [5.41, 5.74) is 1.54. The van der Waals surface area contributed by atoms with Crippen molar-refractivity contribution in [3.05, 3.63) is 35.6 Å². The van der Waals surface area contributed by atoms with Crippen LogP contribution in [0.1, 0.15) is 38.5 Å². The van der Waals surface area contributed by atoms with Crippen LogP contribution in [0.4, 0.5) is 4.79 Å². The van der Waals surface area contributed by atoms with Gasteiger partial charge >= 0.3 is 6.09 Å². The number of nitrogens with zero attached hydrogens (tertiary/aromatic N) is 1. The van der Waals surface area contributed by atoms with E-state index in [4.69, 9.17) is 9.15 Å². The molecule has 0 saturated heterocycles. The highest BCUT2D eigenvalue weighted by Gasteiger charge is 2.15. The number of amides is 1. The highest BCUT2D eigenvalue weighted by atomic mass is 16.6. The molecular formula is C20H30N4O3. The van der Waals surface area contributed by atoms with Crippen molar-refractivity contribution < 1.29 is 13.9 Å². The number of benzene rings is 1. The molecule has 2 rings (SSSR count). The minimum absolute atomic E-state index is 0.398. The van der Waals surface area contributed by atoms with E-state index in [0.717, 1.165) is 28.7 Å². The Morgan fingerprint density at radius 1 is 1.15 bits per heavy atom. The van der Waals surface area contributed by atoms with Gasteiger partial charge < -0.3 is 25.1 Å². The normalized spacial score (nSPS) is 12.1. The van der Waals surface area contributed by atoms with Crippen LogP contribution in [-0.4, -0.2) is 37.8 Å². The zero-order valence-electron chi connectivity index (χ0n) is 16.8. The fraction of sp³-hybridized carbons (Fsp3) is 0.500. The lowest BCUT2D eigenvalue weighted by atomic mass is 10.1. The molecule has 1 amide bonds. The number of carbonyl (C=O) groups is 1. The van der Waals surface area contributed by atoms with Crippen molar-refractivity contribution in [1.29, 1.82) is 0 Å². The van der Waals surface area contributed by atoms with Crippen molar-refractivity contribution in [3.63, 3.8) is 0 Å². The molecule has 3 N–H and O–H groups in total. The lowest BCUT2D eigenvalue weighted by Crippen LogP contribution is -2.39. The van der Waals surface area contributed by atoms with Crippen LogP contribution in [0, 0.1) is 6.92 Å². The van der Waals surface area contributed by atoms with Crippen molar-refractivity contribution in [2.75, 3.05) is 20.1 Å². The molecule has 0 saturated carbocycles. The number of aryl methyl sites for hydroxylation is 1. The largest absolute Gasteiger partial charge is 0.459 e. The van der Waals surface area contributed by atoms with Gasteiger partial charge in [0.1, 0.15) is 16.9 Å². The van der Waals surface area contributed by atoms with Crippen molar-refractivity contribution >= 4 is 23.0 Å². The molecule has 0 unspecified atom stereocenters. The van der Waals surface area contributed by atoms with Crippen LogP contribution in [0.15, 0.2) is 33.7 Å². The number of alkyl carbamates (subject to hydrolysis) is 1. The van der Waals surface area contributed by atoms with Crippen LogP contribution in [-0.2, 0) is 11.3 Å². The maximum absolute atomic E-state index is 11.6. The van der Waals surface area contributed by atoms with Gasteiger partial charge in [-0.1, -0.05) is 18.2 Å². The van der Waals surface area contributed by atoms with E-state index >= 15 is 0 Å². The maximum atomic E-state index is 11.6. The first-order chi connectivity index (χ1) is 12.8. The van der Waals surface area contributed by atoms with Crippen LogP contribution >= 0.6 is 0 Å². The van der Waals surface area contributed by atoms with Gasteiger partial charge in [-0.15, -0.1) is 0 Å². The summed E-state index contributed by atoms with van der Waals surface area (Å²) in [6, 6.07) is 8.00. The third-order valence-corrected chi connectivity index (χ3v) is 3.90. The van der Waals surface area contributed by atoms with Gasteiger partial charge in [-0.2, -0.15) is 0 Å². The van der Waals surface area contributed by atoms with Gasteiger partial charge in [-0.05, 0) is 40.2 Å². The highest BCUT2D eigenvalue weighted by molar-refractivity contribution is 5.82. The summed E-state index contributed by atoms with van der Waals surface area (Å²) in [6.07, 6.45) is 0.356. The summed E-state index contributed by atoms with van der Waals surface area (Å²) in [4.78, 5) is 15.8. The maximum Gasteiger partial charge on any atom is 0.407 e. The Kier molecular flexibility index (Phi) is 7.10. The third-order valence-electron chi connectivity index (χ3n) is 3.90. The van der Waals surface area contributed by atoms with Crippen LogP contribution in [0.2, 0.25) is 0 Å². The van der Waals surface area contributed by atoms with E-state index in [9.17, 15) is 4.79 Å². The van der Waals surface area contributed by atoms with E-state index in [1.54, 1.807) is 7.05 Å². The topological polar surface area (TPSA) is 87.9 Å². The standard InChI is InChI=1S/C20H30N4O3/c1-14-15-9-6-7-10-16(15)26-17(14)13-24-18(21-5)22-11-8-12-23-19(25)27-20(2,3)4/h6-7,9-10H,8,11-13H2,1-5H3,(H,23,25)(H2,21,22,24). The Morgan fingerprint density at radius 2 is 1.85 bits per heavy atom. The van der Waals surface area contributed by atoms with Crippen LogP contribution in [0.5, 0.6) is 0 Å². The first-order valence-corrected chi connectivity index (χ1v) is 9.18. The summed E-state index contributed by atoms with van der Waals surface area (Å²) < 4.78 is 11.1. The number of para-hydroxylation sites is 1. The number of fused-ring (bicyclic) bond motifs is 1. The van der Waals surface area contributed by atoms with Gasteiger partial charge in [0.25, 0.3) is 0 Å². The predicted octanol–water partition coefficient (Wildman–Crippen LogP) is 3.32. The molecule has 0 bridgehead atoms. The molecule has 1 aromatic carbocycles. The Bertz CT molecular complexity index is 790. The molecule has 0 aliphatic heterocycles. The van der Waals surface area contributed by atoms with Gasteiger partial charge in [-0.3, -0.25) is 4.99 Å². The molecule has 27 heavy (non-hydrogen) atoms. The number of guanidine groups is 1. The van der Waals surface area contributed by atoms with Gasteiger partial charge in [0.2, 0.25) is 0 Å². The van der Waals surface area contributed by atoms with E-state index < -0.39 is 11.7 Å². The van der Waals surface area contributed by atoms with Crippen molar-refractivity contribution in [2.45, 2.75) is 46.3 Å². The van der Waals surface area contributed by atoms with Crippen LogP contribution in [0.25, 0.3) is 11.0 Å². The third kappa shape index (κ3) is 6.51. The summed E-state index contributed by atoms with van der Waals surface area (Å²) in [7, 11) is 1.72. The van der Waals surface area contributed by atoms with Gasteiger partial charge in [0, 0.05) is 31.1 Å². The van der Waals surface area contributed by atoms with Crippen molar-refractivity contribution in [1.82, 2.24) is 16.0 Å². The van der Waals surface area contributed by atoms with E-state index in [-0.39, 0.29) is 0 Å². The molecule has 1 aromatic heterocycles. The highest BCUT2D eigenvalue weighted by Crippen LogP contribution is 2.24. The number of nitrogens with one attached hydrogen (secondary N) is 3. The number of rotatable bonds is 6. The van der Waals surface area contributed by atoms with E-state index in [0.29, 0.717) is 25.6 Å². The fourth-order valence-corrected chi connectivity index (χ4v) is 2.58. The molecule has 0 atom stereocenters. The molecule has 0 aliphatic rings. The van der Waals surface area contributed by atoms with Crippen LogP contribution in [0.3, 0.4) is 0 Å². The lowest BCUT2D eigenvalue weighted by molar-refractivity contribution is 0.0527. The quantitative estimate of drug-likeness (QED) is 0.410. The average Bonchev–Trinajstić information content (AvgIpc) is 2.92. The van der Waals surface area contributed by atoms with Gasteiger partial charge in [0.15, 0.2) is 5.96 Å². The molecule has 2 aromatic rings. The molecular weight excluding hydrogens is 344 g/mol. The summed E-state index contributed by atoms with van der Waals surface area (Å²) in [6.45, 7) is 9.34. The Labute approximate surface area is 160 Å². The molecule has 0 aliphatic carbocycles. The Hall–Kier alpha value is -2.70. The Balaban J connectivity index is 1.71. The number of hydrogen-bond donors (Lipinski definition) is 3. The smallest absolute Gasteiger partial charge is 0.407 e. The van der Waals surface area contributed by atoms with Gasteiger partial charge in [-0.25, -0.2) is 4.79 Å². The number of aliphatic imine (C=N–C) groups is 1. The first-order valence-electron chi connectivity index (χ1n) is 9.18. The molecule has 0 radical (unpaired) electrons. The minimum Gasteiger partial charge on any atom is -0.459 e. The second-order valence-corrected chi connectivity index (χ2v) is 7.28. The van der Waals surface area contributed by atoms with Crippen molar-refractivity contribution in [2.24, 2.45) is 4.99 Å². The molecule has 148 valence electrons. The molecule has 0 fully saturated rings. The fourth-order valence-electron chi connectivity index (χ4n) is 2.58. The van der Waals surface area contributed by atoms with E-state index in [1.807, 2.05) is 39.0 Å². The zero-order valence-corrected chi connectivity index (χ0v) is 16.8. The molecule has 7 nitrogen and oxygen atoms in total. The minimum atomic E-state index is -0.483. The van der Waals surface area contributed by atoms with Crippen LogP contribution < -0.4 is 16.0 Å². The average molecular weight is 374 g/mol. The van der Waals surface area contributed by atoms with Gasteiger partial charge in [0.05, 0.1) is 6.54 Å². The van der Waals surface area contributed by atoms with Crippen molar-refractivity contribution in [3.8, 4) is 0 Å². The summed E-state index contributed by atoms with van der Waals surface area (Å²) in [5, 5.41) is 10.3. The zero-order chi connectivity index (χ0) is 19.9. The van der Waals surface area contributed by atoms with E-state index in [2.05, 4.69) is 33.9 Å². The summed E-state index contributed by atoms with van der Waals surface area (Å²) >= 11 is 0. The second kappa shape index (κ2) is 9.30. The number of furan rings is 1. The number of hydrogen-bond acceptors (Lipinski definition) is 4.